The Balaban J connectivity index is 0.000000418. The monoisotopic (exact) mass is 761 g/mol. The molecule has 6 heterocycles. The van der Waals surface area contributed by atoms with Gasteiger partial charge < -0.3 is 25.8 Å². The molecular formula is C37H35ClF3N9O2S. The molecule has 4 N–H and O–H groups in total. The summed E-state index contributed by atoms with van der Waals surface area (Å²) in [4.78, 5) is 17.2. The van der Waals surface area contributed by atoms with Gasteiger partial charge in [-0.1, -0.05) is 17.7 Å². The summed E-state index contributed by atoms with van der Waals surface area (Å²) in [6.45, 7) is 3.90. The van der Waals surface area contributed by atoms with Crippen molar-refractivity contribution >= 4 is 60.6 Å². The highest BCUT2D eigenvalue weighted by Gasteiger charge is 2.36. The zero-order valence-electron chi connectivity index (χ0n) is 28.9. The first-order valence-corrected chi connectivity index (χ1v) is 18.3. The number of rotatable bonds is 6. The van der Waals surface area contributed by atoms with E-state index in [4.69, 9.17) is 32.5 Å². The molecule has 53 heavy (non-hydrogen) atoms. The molecule has 2 fully saturated rings. The maximum atomic E-state index is 16.8. The first kappa shape index (κ1) is 36.3. The molecule has 0 radical (unpaired) electrons. The van der Waals surface area contributed by atoms with Crippen LogP contribution in [0.5, 0.6) is 11.8 Å². The maximum absolute atomic E-state index is 16.8. The third-order valence-corrected chi connectivity index (χ3v) is 11.3. The van der Waals surface area contributed by atoms with Crippen molar-refractivity contribution in [2.24, 2.45) is 5.92 Å². The van der Waals surface area contributed by atoms with Gasteiger partial charge in [-0.05, 0) is 68.5 Å². The van der Waals surface area contributed by atoms with Gasteiger partial charge in [-0.3, -0.25) is 4.90 Å². The fourth-order valence-corrected chi connectivity index (χ4v) is 8.80. The normalized spacial score (nSPS) is 19.8. The third kappa shape index (κ3) is 6.69. The zero-order valence-corrected chi connectivity index (χ0v) is 30.4. The maximum Gasteiger partial charge on any atom is 0.318 e. The van der Waals surface area contributed by atoms with E-state index in [0.29, 0.717) is 24.8 Å². The number of methoxy groups -OCH3 is 1. The number of nitrogen functional groups attached to an aromatic ring is 2. The number of halogens is 4. The van der Waals surface area contributed by atoms with Gasteiger partial charge in [-0.25, -0.2) is 18.2 Å². The van der Waals surface area contributed by atoms with E-state index < -0.39 is 29.8 Å². The van der Waals surface area contributed by atoms with Gasteiger partial charge in [0.15, 0.2) is 11.6 Å². The Morgan fingerprint density at radius 3 is 2.72 bits per heavy atom. The molecule has 16 heteroatoms. The predicted octanol–water partition coefficient (Wildman–Crippen LogP) is 7.05. The van der Waals surface area contributed by atoms with Crippen LogP contribution in [-0.2, 0) is 6.42 Å². The van der Waals surface area contributed by atoms with Crippen molar-refractivity contribution in [3.8, 4) is 35.0 Å². The number of benzene rings is 2. The number of nitrogens with zero attached hydrogens (tertiary/aromatic N) is 7. The molecule has 0 bridgehead atoms. The minimum Gasteiger partial charge on any atom is -0.489 e. The third-order valence-electron chi connectivity index (χ3n) is 9.92. The minimum absolute atomic E-state index is 0.0103. The Labute approximate surface area is 312 Å². The van der Waals surface area contributed by atoms with Crippen molar-refractivity contribution in [2.45, 2.75) is 50.9 Å². The molecule has 4 atom stereocenters. The van der Waals surface area contributed by atoms with Gasteiger partial charge in [0.2, 0.25) is 0 Å². The molecule has 3 aliphatic rings. The molecule has 2 saturated heterocycles. The lowest BCUT2D eigenvalue weighted by Crippen LogP contribution is -2.43. The molecule has 5 aromatic rings. The molecule has 3 aliphatic heterocycles. The van der Waals surface area contributed by atoms with Crippen molar-refractivity contribution in [1.82, 2.24) is 19.9 Å². The molecular weight excluding hydrogens is 727 g/mol. The average Bonchev–Trinajstić information content (AvgIpc) is 3.80. The number of thiophene rings is 1. The van der Waals surface area contributed by atoms with Gasteiger partial charge in [0.1, 0.15) is 46.8 Å². The van der Waals surface area contributed by atoms with Gasteiger partial charge in [0.25, 0.3) is 0 Å². The van der Waals surface area contributed by atoms with Crippen molar-refractivity contribution < 1.29 is 22.6 Å². The van der Waals surface area contributed by atoms with Gasteiger partial charge in [0.05, 0.1) is 45.8 Å². The van der Waals surface area contributed by atoms with Crippen LogP contribution in [0.25, 0.3) is 32.1 Å². The fourth-order valence-electron chi connectivity index (χ4n) is 7.52. The first-order valence-electron chi connectivity index (χ1n) is 17.1. The van der Waals surface area contributed by atoms with E-state index in [9.17, 15) is 19.3 Å². The number of alkyl halides is 1. The summed E-state index contributed by atoms with van der Waals surface area (Å²) >= 11 is 7.87. The van der Waals surface area contributed by atoms with E-state index in [1.807, 2.05) is 17.0 Å². The quantitative estimate of drug-likeness (QED) is 0.182. The molecule has 0 amide bonds. The molecule has 0 saturated carbocycles. The van der Waals surface area contributed by atoms with Crippen LogP contribution in [0.3, 0.4) is 0 Å². The van der Waals surface area contributed by atoms with Crippen LogP contribution in [0.2, 0.25) is 5.02 Å². The van der Waals surface area contributed by atoms with E-state index in [1.54, 1.807) is 19.2 Å². The van der Waals surface area contributed by atoms with E-state index in [-0.39, 0.29) is 78.4 Å². The van der Waals surface area contributed by atoms with Crippen LogP contribution in [-0.4, -0.2) is 71.5 Å². The Morgan fingerprint density at radius 1 is 1.19 bits per heavy atom. The number of nitrogens with two attached hydrogens (primary N) is 2. The number of pyridine rings is 1. The molecule has 4 unspecified atom stereocenters. The molecule has 8 rings (SSSR count). The van der Waals surface area contributed by atoms with E-state index in [2.05, 4.69) is 25.9 Å². The van der Waals surface area contributed by atoms with Crippen molar-refractivity contribution in [1.29, 1.82) is 10.5 Å². The fraction of sp³-hybridized carbons (Fsp3) is 0.378. The molecule has 0 aliphatic carbocycles. The minimum atomic E-state index is -0.852. The van der Waals surface area contributed by atoms with E-state index in [0.717, 1.165) is 29.9 Å². The summed E-state index contributed by atoms with van der Waals surface area (Å²) < 4.78 is 56.1. The van der Waals surface area contributed by atoms with Crippen LogP contribution >= 0.6 is 22.9 Å². The van der Waals surface area contributed by atoms with Gasteiger partial charge in [-0.2, -0.15) is 20.5 Å². The van der Waals surface area contributed by atoms with Crippen LogP contribution in [0.1, 0.15) is 37.3 Å². The van der Waals surface area contributed by atoms with Gasteiger partial charge in [0, 0.05) is 36.3 Å². The SMILES string of the molecule is COc1nc2c3c(c(Cl)c(-c4ccc(F)c5sc(N)c(C#N)c45)c(F)c3n1)OCC(Cc1ccnc(N)c1)N2CC(C)C#N.FC1CC2CCCN2C1. The number of aromatic nitrogens is 3. The highest BCUT2D eigenvalue weighted by atomic mass is 35.5. The molecule has 3 aromatic heterocycles. The largest absolute Gasteiger partial charge is 0.489 e. The van der Waals surface area contributed by atoms with Crippen LogP contribution in [0.4, 0.5) is 29.8 Å². The Morgan fingerprint density at radius 2 is 2.00 bits per heavy atom. The number of ether oxygens (including phenoxy) is 2. The summed E-state index contributed by atoms with van der Waals surface area (Å²) in [5, 5.41) is 19.8. The van der Waals surface area contributed by atoms with Crippen molar-refractivity contribution in [3.05, 3.63) is 58.2 Å². The number of fused-ring (bicyclic) bond motifs is 2. The standard InChI is InChI=1S/C30H23ClF2N8O2S.C7H12FN/c1-13(9-34)11-41-15(7-14-5-6-38-19(36)8-14)12-43-26-22-25(39-30(42-2)40-29(22)41)24(33)21(23(26)31)16-3-4-18(32)27-20(16)17(10-35)28(37)44-27;8-6-4-7-2-1-3-9(7)5-6/h3-6,8,13,15H,7,11-12,37H2,1-2H3,(H2,36,38);6-7H,1-5H2. The second-order valence-electron chi connectivity index (χ2n) is 13.4. The van der Waals surface area contributed by atoms with Gasteiger partial charge in [-0.15, -0.1) is 11.3 Å². The number of nitriles is 2. The zero-order chi connectivity index (χ0) is 37.6. The van der Waals surface area contributed by atoms with Crippen molar-refractivity contribution in [2.75, 3.05) is 49.7 Å². The summed E-state index contributed by atoms with van der Waals surface area (Å²) in [5.41, 5.74) is 12.7. The average molecular weight is 762 g/mol. The molecule has 274 valence electrons. The lowest BCUT2D eigenvalue weighted by Gasteiger charge is -2.32. The Bertz CT molecular complexity index is 2300. The Kier molecular flexibility index (Phi) is 10.1. The molecule has 11 nitrogen and oxygen atoms in total. The predicted molar refractivity (Wildman–Crippen MR) is 199 cm³/mol. The van der Waals surface area contributed by atoms with E-state index >= 15 is 4.39 Å². The van der Waals surface area contributed by atoms with Gasteiger partial charge >= 0.3 is 6.01 Å². The summed E-state index contributed by atoms with van der Waals surface area (Å²) in [7, 11) is 1.35. The summed E-state index contributed by atoms with van der Waals surface area (Å²) in [5.74, 6) is -1.20. The second kappa shape index (κ2) is 14.7. The van der Waals surface area contributed by atoms with Crippen molar-refractivity contribution in [3.63, 3.8) is 0 Å². The summed E-state index contributed by atoms with van der Waals surface area (Å²) in [6.07, 6.45) is 4.82. The van der Waals surface area contributed by atoms with Crippen LogP contribution in [0.15, 0.2) is 30.5 Å². The highest BCUT2D eigenvalue weighted by molar-refractivity contribution is 7.23. The van der Waals surface area contributed by atoms with Crippen LogP contribution < -0.4 is 25.8 Å². The van der Waals surface area contributed by atoms with Crippen LogP contribution in [0, 0.1) is 40.2 Å². The lowest BCUT2D eigenvalue weighted by atomic mass is 9.96. The molecule has 0 spiro atoms. The summed E-state index contributed by atoms with van der Waals surface area (Å²) in [6, 6.07) is 10.4. The lowest BCUT2D eigenvalue weighted by molar-refractivity contribution is 0.285. The Hall–Kier alpha value is -5.09. The number of hydrogen-bond acceptors (Lipinski definition) is 12. The van der Waals surface area contributed by atoms with E-state index in [1.165, 1.54) is 32.1 Å². The number of hydrogen-bond donors (Lipinski definition) is 2. The highest BCUT2D eigenvalue weighted by Crippen LogP contribution is 2.51. The topological polar surface area (TPSA) is 163 Å². The smallest absolute Gasteiger partial charge is 0.318 e. The second-order valence-corrected chi connectivity index (χ2v) is 14.8. The number of anilines is 3. The molecule has 2 aromatic carbocycles. The first-order chi connectivity index (χ1) is 25.5.